The highest BCUT2D eigenvalue weighted by Crippen LogP contribution is 2.33. The maximum absolute atomic E-state index is 13.0. The van der Waals surface area contributed by atoms with Crippen LogP contribution in [0.25, 0.3) is 0 Å². The summed E-state index contributed by atoms with van der Waals surface area (Å²) in [6, 6.07) is 1.57. The zero-order valence-corrected chi connectivity index (χ0v) is 15.3. The molecule has 2 fully saturated rings. The first-order valence-corrected chi connectivity index (χ1v) is 10.1. The minimum absolute atomic E-state index is 0.225. The fourth-order valence-corrected chi connectivity index (χ4v) is 4.31. The Morgan fingerprint density at radius 3 is 2.33 bits per heavy atom. The molecule has 0 bridgehead atoms. The Morgan fingerprint density at radius 1 is 1.04 bits per heavy atom. The van der Waals surface area contributed by atoms with Crippen molar-refractivity contribution in [3.05, 3.63) is 11.9 Å². The highest BCUT2D eigenvalue weighted by molar-refractivity contribution is 5.13. The van der Waals surface area contributed by atoms with Gasteiger partial charge in [-0.1, -0.05) is 45.4 Å². The van der Waals surface area contributed by atoms with Gasteiger partial charge in [-0.15, -0.1) is 0 Å². The molecule has 0 unspecified atom stereocenters. The molecule has 0 atom stereocenters. The lowest BCUT2D eigenvalue weighted by Gasteiger charge is -2.31. The van der Waals surface area contributed by atoms with Gasteiger partial charge in [0.05, 0.1) is 6.10 Å². The van der Waals surface area contributed by atoms with Crippen LogP contribution in [-0.2, 0) is 4.74 Å². The second kappa shape index (κ2) is 10.9. The van der Waals surface area contributed by atoms with Crippen molar-refractivity contribution in [1.29, 1.82) is 5.26 Å². The molecule has 0 heterocycles. The quantitative estimate of drug-likeness (QED) is 0.384. The van der Waals surface area contributed by atoms with Crippen molar-refractivity contribution in [2.24, 2.45) is 17.8 Å². The molecule has 2 aliphatic rings. The van der Waals surface area contributed by atoms with Gasteiger partial charge >= 0.3 is 0 Å². The van der Waals surface area contributed by atoms with Crippen molar-refractivity contribution < 1.29 is 9.13 Å². The molecule has 2 nitrogen and oxygen atoms in total. The zero-order valence-electron chi connectivity index (χ0n) is 15.3. The monoisotopic (exact) mass is 335 g/mol. The van der Waals surface area contributed by atoms with Crippen LogP contribution in [0.3, 0.4) is 0 Å². The molecule has 24 heavy (non-hydrogen) atoms. The average Bonchev–Trinajstić information content (AvgIpc) is 2.62. The summed E-state index contributed by atoms with van der Waals surface area (Å²) in [4.78, 5) is 0. The van der Waals surface area contributed by atoms with Crippen molar-refractivity contribution in [2.45, 2.75) is 90.1 Å². The Hall–Kier alpha value is -0.880. The maximum Gasteiger partial charge on any atom is 0.196 e. The molecule has 0 saturated heterocycles. The molecule has 0 amide bonds. The van der Waals surface area contributed by atoms with E-state index in [1.54, 1.807) is 6.07 Å². The Morgan fingerprint density at radius 2 is 1.71 bits per heavy atom. The second-order valence-corrected chi connectivity index (χ2v) is 7.88. The summed E-state index contributed by atoms with van der Waals surface area (Å²) >= 11 is 0. The Kier molecular flexibility index (Phi) is 8.81. The highest BCUT2D eigenvalue weighted by Gasteiger charge is 2.24. The Balaban J connectivity index is 1.56. The second-order valence-electron chi connectivity index (χ2n) is 7.88. The number of hydrogen-bond donors (Lipinski definition) is 0. The van der Waals surface area contributed by atoms with E-state index in [1.165, 1.54) is 57.4 Å². The van der Waals surface area contributed by atoms with Gasteiger partial charge in [0.15, 0.2) is 5.83 Å². The molecular weight excluding hydrogens is 301 g/mol. The fourth-order valence-electron chi connectivity index (χ4n) is 4.31. The van der Waals surface area contributed by atoms with E-state index in [-0.39, 0.29) is 5.92 Å². The number of rotatable bonds is 8. The summed E-state index contributed by atoms with van der Waals surface area (Å²) in [5, 5.41) is 8.51. The van der Waals surface area contributed by atoms with E-state index in [9.17, 15) is 4.39 Å². The normalized spacial score (nSPS) is 31.6. The van der Waals surface area contributed by atoms with E-state index in [0.29, 0.717) is 6.10 Å². The number of ether oxygens (including phenoxy) is 1. The number of allylic oxidation sites excluding steroid dienone is 2. The average molecular weight is 336 g/mol. The number of halogens is 1. The number of unbranched alkanes of at least 4 members (excludes halogenated alkanes) is 2. The van der Waals surface area contributed by atoms with E-state index in [4.69, 9.17) is 10.00 Å². The van der Waals surface area contributed by atoms with Gasteiger partial charge in [0, 0.05) is 6.61 Å². The molecular formula is C21H34FNO. The first-order chi connectivity index (χ1) is 11.7. The smallest absolute Gasteiger partial charge is 0.196 e. The van der Waals surface area contributed by atoms with E-state index >= 15 is 0 Å². The summed E-state index contributed by atoms with van der Waals surface area (Å²) in [5.74, 6) is 1.31. The molecule has 2 rings (SSSR count). The number of nitrogens with zero attached hydrogens (tertiary/aromatic N) is 1. The van der Waals surface area contributed by atoms with Crippen LogP contribution in [0.5, 0.6) is 0 Å². The lowest BCUT2D eigenvalue weighted by atomic mass is 9.80. The first-order valence-electron chi connectivity index (χ1n) is 10.1. The van der Waals surface area contributed by atoms with E-state index in [1.807, 2.05) is 0 Å². The SMILES string of the molecule is CCCCC[C@H]1CC[C@H](CO[C@H]2CC[C@H](/C=C(/F)C#N)CC2)CC1. The molecule has 3 heteroatoms. The Labute approximate surface area is 147 Å². The van der Waals surface area contributed by atoms with Crippen molar-refractivity contribution in [2.75, 3.05) is 6.61 Å². The number of hydrogen-bond acceptors (Lipinski definition) is 2. The minimum Gasteiger partial charge on any atom is -0.378 e. The first kappa shape index (κ1) is 19.4. The molecule has 0 aliphatic heterocycles. The molecule has 0 radical (unpaired) electrons. The van der Waals surface area contributed by atoms with Crippen molar-refractivity contribution in [1.82, 2.24) is 0 Å². The summed E-state index contributed by atoms with van der Waals surface area (Å²) in [7, 11) is 0. The van der Waals surface area contributed by atoms with Crippen LogP contribution in [0.1, 0.15) is 84.0 Å². The lowest BCUT2D eigenvalue weighted by Crippen LogP contribution is -2.25. The van der Waals surface area contributed by atoms with Crippen LogP contribution in [0.2, 0.25) is 0 Å². The van der Waals surface area contributed by atoms with E-state index < -0.39 is 5.83 Å². The van der Waals surface area contributed by atoms with Crippen LogP contribution < -0.4 is 0 Å². The van der Waals surface area contributed by atoms with Crippen LogP contribution in [0, 0.1) is 29.1 Å². The summed E-state index contributed by atoms with van der Waals surface area (Å²) < 4.78 is 19.2. The van der Waals surface area contributed by atoms with Gasteiger partial charge in [-0.3, -0.25) is 0 Å². The van der Waals surface area contributed by atoms with Gasteiger partial charge in [-0.25, -0.2) is 0 Å². The van der Waals surface area contributed by atoms with Gasteiger partial charge in [0.2, 0.25) is 0 Å². The minimum atomic E-state index is -0.630. The fraction of sp³-hybridized carbons (Fsp3) is 0.857. The van der Waals surface area contributed by atoms with Crippen molar-refractivity contribution in [3.63, 3.8) is 0 Å². The summed E-state index contributed by atoms with van der Waals surface area (Å²) in [6.07, 6.45) is 16.8. The van der Waals surface area contributed by atoms with Crippen molar-refractivity contribution >= 4 is 0 Å². The van der Waals surface area contributed by atoms with Crippen LogP contribution in [0.15, 0.2) is 11.9 Å². The van der Waals surface area contributed by atoms with Crippen LogP contribution in [0.4, 0.5) is 4.39 Å². The summed E-state index contributed by atoms with van der Waals surface area (Å²) in [6.45, 7) is 3.19. The summed E-state index contributed by atoms with van der Waals surface area (Å²) in [5.41, 5.74) is 0. The van der Waals surface area contributed by atoms with Crippen LogP contribution in [-0.4, -0.2) is 12.7 Å². The predicted molar refractivity (Wildman–Crippen MR) is 96.1 cm³/mol. The van der Waals surface area contributed by atoms with E-state index in [2.05, 4.69) is 6.92 Å². The van der Waals surface area contributed by atoms with Gasteiger partial charge in [-0.2, -0.15) is 9.65 Å². The standard InChI is InChI=1S/C21H34FNO/c1-2-3-4-5-17-6-8-19(9-7-17)16-24-21-12-10-18(11-13-21)14-20(22)15-23/h14,17-19,21H,2-13,16H2,1H3/b20-14+/t17-,18-,19-,21-. The molecule has 2 aliphatic carbocycles. The molecule has 2 saturated carbocycles. The lowest BCUT2D eigenvalue weighted by molar-refractivity contribution is -0.00672. The van der Waals surface area contributed by atoms with Gasteiger partial charge in [0.25, 0.3) is 0 Å². The van der Waals surface area contributed by atoms with Crippen LogP contribution >= 0.6 is 0 Å². The number of nitriles is 1. The van der Waals surface area contributed by atoms with Gasteiger partial charge < -0.3 is 4.74 Å². The third kappa shape index (κ3) is 6.93. The third-order valence-electron chi connectivity index (χ3n) is 5.96. The van der Waals surface area contributed by atoms with Gasteiger partial charge in [0.1, 0.15) is 6.07 Å². The van der Waals surface area contributed by atoms with Crippen molar-refractivity contribution in [3.8, 4) is 6.07 Å². The molecule has 136 valence electrons. The Bertz CT molecular complexity index is 412. The highest BCUT2D eigenvalue weighted by atomic mass is 19.1. The maximum atomic E-state index is 13.0. The molecule has 0 N–H and O–H groups in total. The largest absolute Gasteiger partial charge is 0.378 e. The molecule has 0 aromatic rings. The zero-order chi connectivity index (χ0) is 17.2. The third-order valence-corrected chi connectivity index (χ3v) is 5.96. The molecule has 0 spiro atoms. The van der Waals surface area contributed by atoms with E-state index in [0.717, 1.165) is 44.1 Å². The molecule has 0 aromatic heterocycles. The predicted octanol–water partition coefficient (Wildman–Crippen LogP) is 6.33. The topological polar surface area (TPSA) is 33.0 Å². The van der Waals surface area contributed by atoms with Gasteiger partial charge in [-0.05, 0) is 62.4 Å². The molecule has 0 aromatic carbocycles.